The van der Waals surface area contributed by atoms with Crippen LogP contribution in [-0.4, -0.2) is 35.9 Å². The number of morpholine rings is 1. The van der Waals surface area contributed by atoms with E-state index in [1.165, 1.54) is 11.3 Å². The zero-order valence-electron chi connectivity index (χ0n) is 13.9. The van der Waals surface area contributed by atoms with Crippen molar-refractivity contribution in [2.45, 2.75) is 6.92 Å². The summed E-state index contributed by atoms with van der Waals surface area (Å²) in [5, 5.41) is 0. The van der Waals surface area contributed by atoms with Crippen LogP contribution in [0.4, 0.5) is 5.82 Å². The summed E-state index contributed by atoms with van der Waals surface area (Å²) in [6, 6.07) is 18.8. The van der Waals surface area contributed by atoms with Crippen LogP contribution in [0.15, 0.2) is 60.8 Å². The summed E-state index contributed by atoms with van der Waals surface area (Å²) in [5.74, 6) is 1.99. The number of para-hydroxylation sites is 1. The minimum Gasteiger partial charge on any atom is -0.378 e. The molecule has 122 valence electrons. The number of hydrogen-bond acceptors (Lipinski definition) is 3. The fraction of sp³-hybridized carbons (Fsp3) is 0.250. The number of ether oxygens (including phenoxy) is 1. The number of anilines is 1. The van der Waals surface area contributed by atoms with Gasteiger partial charge in [0.1, 0.15) is 11.6 Å². The molecule has 2 heterocycles. The van der Waals surface area contributed by atoms with Crippen molar-refractivity contribution in [1.82, 2.24) is 9.55 Å². The maximum Gasteiger partial charge on any atom is 0.148 e. The molecule has 0 aliphatic carbocycles. The minimum atomic E-state index is 0.762. The van der Waals surface area contributed by atoms with Gasteiger partial charge in [-0.3, -0.25) is 4.57 Å². The van der Waals surface area contributed by atoms with Gasteiger partial charge in [-0.15, -0.1) is 0 Å². The van der Waals surface area contributed by atoms with Gasteiger partial charge >= 0.3 is 0 Å². The van der Waals surface area contributed by atoms with E-state index in [0.717, 1.165) is 43.5 Å². The number of aromatic nitrogens is 2. The van der Waals surface area contributed by atoms with E-state index in [1.807, 2.05) is 6.07 Å². The van der Waals surface area contributed by atoms with Gasteiger partial charge in [0.15, 0.2) is 0 Å². The highest BCUT2D eigenvalue weighted by molar-refractivity contribution is 5.63. The third kappa shape index (κ3) is 2.81. The van der Waals surface area contributed by atoms with Crippen LogP contribution in [0.2, 0.25) is 0 Å². The average Bonchev–Trinajstić information content (AvgIpc) is 3.09. The van der Waals surface area contributed by atoms with E-state index < -0.39 is 0 Å². The molecule has 3 aromatic rings. The molecule has 1 aliphatic heterocycles. The van der Waals surface area contributed by atoms with Crippen molar-refractivity contribution in [1.29, 1.82) is 0 Å². The van der Waals surface area contributed by atoms with E-state index in [-0.39, 0.29) is 0 Å². The van der Waals surface area contributed by atoms with Gasteiger partial charge in [-0.2, -0.15) is 0 Å². The Bertz CT molecular complexity index is 820. The van der Waals surface area contributed by atoms with Crippen LogP contribution in [0, 0.1) is 6.92 Å². The normalized spacial score (nSPS) is 14.8. The lowest BCUT2D eigenvalue weighted by Gasteiger charge is -2.26. The Balaban J connectivity index is 1.84. The van der Waals surface area contributed by atoms with Crippen LogP contribution in [-0.2, 0) is 4.74 Å². The van der Waals surface area contributed by atoms with E-state index in [0.29, 0.717) is 0 Å². The Morgan fingerprint density at radius 3 is 2.38 bits per heavy atom. The maximum absolute atomic E-state index is 5.47. The average molecular weight is 319 g/mol. The Labute approximate surface area is 142 Å². The smallest absolute Gasteiger partial charge is 0.148 e. The highest BCUT2D eigenvalue weighted by Crippen LogP contribution is 2.28. The molecule has 0 atom stereocenters. The first-order chi connectivity index (χ1) is 11.8. The summed E-state index contributed by atoms with van der Waals surface area (Å²) >= 11 is 0. The van der Waals surface area contributed by atoms with Crippen molar-refractivity contribution in [3.8, 4) is 17.1 Å². The monoisotopic (exact) mass is 319 g/mol. The summed E-state index contributed by atoms with van der Waals surface area (Å²) in [4.78, 5) is 7.25. The molecule has 0 radical (unpaired) electrons. The van der Waals surface area contributed by atoms with Crippen molar-refractivity contribution in [3.63, 3.8) is 0 Å². The van der Waals surface area contributed by atoms with Gasteiger partial charge in [0.05, 0.1) is 25.1 Å². The van der Waals surface area contributed by atoms with Gasteiger partial charge in [0, 0.05) is 18.7 Å². The zero-order chi connectivity index (χ0) is 16.4. The van der Waals surface area contributed by atoms with Gasteiger partial charge in [0.25, 0.3) is 0 Å². The zero-order valence-corrected chi connectivity index (χ0v) is 13.9. The molecule has 2 aromatic carbocycles. The molecule has 0 N–H and O–H groups in total. The van der Waals surface area contributed by atoms with Gasteiger partial charge in [0.2, 0.25) is 0 Å². The van der Waals surface area contributed by atoms with E-state index in [4.69, 9.17) is 9.72 Å². The standard InChI is InChI=1S/C20H21N3O/c1-16-7-5-6-10-18(16)23-15-19(22-11-13-24-14-12-22)21-20(23)17-8-3-2-4-9-17/h2-10,15H,11-14H2,1H3. The maximum atomic E-state index is 5.47. The molecule has 24 heavy (non-hydrogen) atoms. The summed E-state index contributed by atoms with van der Waals surface area (Å²) < 4.78 is 7.67. The molecular weight excluding hydrogens is 298 g/mol. The largest absolute Gasteiger partial charge is 0.378 e. The molecule has 1 saturated heterocycles. The molecule has 0 spiro atoms. The van der Waals surface area contributed by atoms with Crippen LogP contribution in [0.5, 0.6) is 0 Å². The van der Waals surface area contributed by atoms with E-state index in [1.54, 1.807) is 0 Å². The Hall–Kier alpha value is -2.59. The van der Waals surface area contributed by atoms with Crippen molar-refractivity contribution in [3.05, 3.63) is 66.4 Å². The molecule has 0 saturated carbocycles. The molecule has 0 unspecified atom stereocenters. The topological polar surface area (TPSA) is 30.3 Å². The third-order valence-corrected chi connectivity index (χ3v) is 4.44. The first-order valence-electron chi connectivity index (χ1n) is 8.36. The predicted octanol–water partition coefficient (Wildman–Crippen LogP) is 3.68. The third-order valence-electron chi connectivity index (χ3n) is 4.44. The summed E-state index contributed by atoms with van der Waals surface area (Å²) in [5.41, 5.74) is 3.53. The fourth-order valence-corrected chi connectivity index (χ4v) is 3.12. The van der Waals surface area contributed by atoms with Crippen molar-refractivity contribution >= 4 is 5.82 Å². The summed E-state index contributed by atoms with van der Waals surface area (Å²) in [6.07, 6.45) is 2.15. The molecule has 0 amide bonds. The number of rotatable bonds is 3. The lowest BCUT2D eigenvalue weighted by atomic mass is 10.1. The first kappa shape index (κ1) is 15.0. The first-order valence-corrected chi connectivity index (χ1v) is 8.36. The van der Waals surface area contributed by atoms with Crippen molar-refractivity contribution in [2.75, 3.05) is 31.2 Å². The van der Waals surface area contributed by atoms with Gasteiger partial charge in [-0.1, -0.05) is 48.5 Å². The minimum absolute atomic E-state index is 0.762. The van der Waals surface area contributed by atoms with Gasteiger partial charge in [-0.25, -0.2) is 4.98 Å². The summed E-state index contributed by atoms with van der Waals surface area (Å²) in [6.45, 7) is 5.44. The van der Waals surface area contributed by atoms with E-state index in [9.17, 15) is 0 Å². The molecule has 1 aliphatic rings. The number of benzene rings is 2. The lowest BCUT2D eigenvalue weighted by Crippen LogP contribution is -2.36. The van der Waals surface area contributed by atoms with Crippen LogP contribution in [0.3, 0.4) is 0 Å². The molecule has 1 fully saturated rings. The molecule has 4 nitrogen and oxygen atoms in total. The molecule has 0 bridgehead atoms. The molecule has 4 heteroatoms. The highest BCUT2D eigenvalue weighted by Gasteiger charge is 2.18. The second kappa shape index (κ2) is 6.49. The number of nitrogens with zero attached hydrogens (tertiary/aromatic N) is 3. The molecule has 1 aromatic heterocycles. The van der Waals surface area contributed by atoms with Crippen molar-refractivity contribution in [2.24, 2.45) is 0 Å². The van der Waals surface area contributed by atoms with Crippen LogP contribution >= 0.6 is 0 Å². The van der Waals surface area contributed by atoms with Crippen LogP contribution < -0.4 is 4.90 Å². The van der Waals surface area contributed by atoms with Crippen LogP contribution in [0.25, 0.3) is 17.1 Å². The fourth-order valence-electron chi connectivity index (χ4n) is 3.12. The number of aryl methyl sites for hydroxylation is 1. The second-order valence-electron chi connectivity index (χ2n) is 6.04. The van der Waals surface area contributed by atoms with Gasteiger partial charge < -0.3 is 9.64 Å². The SMILES string of the molecule is Cc1ccccc1-n1cc(N2CCOCC2)nc1-c1ccccc1. The second-order valence-corrected chi connectivity index (χ2v) is 6.04. The van der Waals surface area contributed by atoms with Gasteiger partial charge in [-0.05, 0) is 18.6 Å². The van der Waals surface area contributed by atoms with E-state index >= 15 is 0 Å². The highest BCUT2D eigenvalue weighted by atomic mass is 16.5. The van der Waals surface area contributed by atoms with Crippen molar-refractivity contribution < 1.29 is 4.74 Å². The predicted molar refractivity (Wildman–Crippen MR) is 96.8 cm³/mol. The Morgan fingerprint density at radius 1 is 0.917 bits per heavy atom. The lowest BCUT2D eigenvalue weighted by molar-refractivity contribution is 0.122. The van der Waals surface area contributed by atoms with Crippen LogP contribution in [0.1, 0.15) is 5.56 Å². The number of hydrogen-bond donors (Lipinski definition) is 0. The quantitative estimate of drug-likeness (QED) is 0.737. The Kier molecular flexibility index (Phi) is 4.05. The number of imidazole rings is 1. The Morgan fingerprint density at radius 2 is 1.62 bits per heavy atom. The summed E-state index contributed by atoms with van der Waals surface area (Å²) in [7, 11) is 0. The molecular formula is C20H21N3O. The van der Waals surface area contributed by atoms with E-state index in [2.05, 4.69) is 71.1 Å². The molecule has 4 rings (SSSR count).